The van der Waals surface area contributed by atoms with Crippen molar-refractivity contribution in [2.24, 2.45) is 11.8 Å². The van der Waals surface area contributed by atoms with E-state index in [4.69, 9.17) is 38.0 Å². The molecule has 0 bridgehead atoms. The van der Waals surface area contributed by atoms with E-state index in [9.17, 15) is 0 Å². The highest BCUT2D eigenvalue weighted by atomic mass is 35.5. The molecule has 2 fully saturated rings. The molecule has 8 heteroatoms. The van der Waals surface area contributed by atoms with E-state index in [1.54, 1.807) is 6.26 Å². The average Bonchev–Trinajstić information content (AvgIpc) is 3.43. The molecule has 1 aliphatic carbocycles. The van der Waals surface area contributed by atoms with Gasteiger partial charge in [0.05, 0.1) is 13.2 Å². The maximum Gasteiger partial charge on any atom is 0.218 e. The van der Waals surface area contributed by atoms with E-state index in [1.165, 1.54) is 25.7 Å². The first kappa shape index (κ1) is 27.9. The molecule has 1 aromatic heterocycles. The van der Waals surface area contributed by atoms with Crippen LogP contribution in [0.5, 0.6) is 0 Å². The molecule has 208 valence electrons. The number of para-hydroxylation sites is 1. The van der Waals surface area contributed by atoms with E-state index >= 15 is 0 Å². The number of nitrogens with zero attached hydrogens (tertiary/aromatic N) is 3. The van der Waals surface area contributed by atoms with Crippen LogP contribution in [0.15, 0.2) is 65.3 Å². The van der Waals surface area contributed by atoms with E-state index in [2.05, 4.69) is 73.6 Å². The van der Waals surface area contributed by atoms with Crippen molar-refractivity contribution in [3.05, 3.63) is 71.8 Å². The number of rotatable bonds is 9. The molecule has 6 nitrogen and oxygen atoms in total. The highest BCUT2D eigenvalue weighted by molar-refractivity contribution is 7.80. The number of benzene rings is 2. The van der Waals surface area contributed by atoms with Crippen molar-refractivity contribution in [1.29, 1.82) is 0 Å². The number of hydrogen-bond donors (Lipinski definition) is 1. The summed E-state index contributed by atoms with van der Waals surface area (Å²) in [6.07, 6.45) is 7.52. The lowest BCUT2D eigenvalue weighted by atomic mass is 9.71. The second-order valence-corrected chi connectivity index (χ2v) is 12.3. The van der Waals surface area contributed by atoms with E-state index in [1.807, 2.05) is 17.0 Å². The standard InChI is InChI=1S/C31H39ClN4O2S/c1-31(2,34-25-15-13-24(32)14-16-25)23-11-9-22(10-12-23)19-27(35(3)26-7-5-4-6-8-26)30-33-28(20-38-30)36-17-18-37-21-29(36)39/h4-8,13-16,20,22-23,27,34H,9-12,17-19,21H2,1-3H3. The molecule has 1 saturated carbocycles. The third-order valence-electron chi connectivity index (χ3n) is 8.42. The molecular weight excluding hydrogens is 528 g/mol. The van der Waals surface area contributed by atoms with Crippen molar-refractivity contribution in [2.75, 3.05) is 41.9 Å². The predicted octanol–water partition coefficient (Wildman–Crippen LogP) is 7.76. The van der Waals surface area contributed by atoms with Crippen molar-refractivity contribution in [2.45, 2.75) is 57.5 Å². The molecule has 1 N–H and O–H groups in total. The third kappa shape index (κ3) is 6.76. The number of morpholine rings is 1. The number of nitrogens with one attached hydrogen (secondary N) is 1. The fraction of sp³-hybridized carbons (Fsp3) is 0.484. The normalized spacial score (nSPS) is 21.0. The summed E-state index contributed by atoms with van der Waals surface area (Å²) in [5.41, 5.74) is 2.29. The largest absolute Gasteiger partial charge is 0.444 e. The monoisotopic (exact) mass is 566 g/mol. The second-order valence-electron chi connectivity index (χ2n) is 11.4. The van der Waals surface area contributed by atoms with E-state index in [0.29, 0.717) is 31.6 Å². The summed E-state index contributed by atoms with van der Waals surface area (Å²) in [5.74, 6) is 2.73. The Labute approximate surface area is 242 Å². The Kier molecular flexibility index (Phi) is 8.79. The Morgan fingerprint density at radius 1 is 1.10 bits per heavy atom. The fourth-order valence-corrected chi connectivity index (χ4v) is 6.42. The predicted molar refractivity (Wildman–Crippen MR) is 164 cm³/mol. The molecule has 1 unspecified atom stereocenters. The molecule has 0 amide bonds. The van der Waals surface area contributed by atoms with Gasteiger partial charge in [0.25, 0.3) is 0 Å². The quantitative estimate of drug-likeness (QED) is 0.266. The van der Waals surface area contributed by atoms with Crippen molar-refractivity contribution in [3.63, 3.8) is 0 Å². The highest BCUT2D eigenvalue weighted by Crippen LogP contribution is 2.42. The van der Waals surface area contributed by atoms with Gasteiger partial charge in [-0.05, 0) is 81.3 Å². The molecule has 2 aliphatic rings. The Morgan fingerprint density at radius 2 is 1.82 bits per heavy atom. The van der Waals surface area contributed by atoms with E-state index in [-0.39, 0.29) is 11.6 Å². The topological polar surface area (TPSA) is 53.8 Å². The maximum atomic E-state index is 6.15. The summed E-state index contributed by atoms with van der Waals surface area (Å²) in [6.45, 7) is 6.44. The first-order valence-electron chi connectivity index (χ1n) is 14.0. The zero-order valence-electron chi connectivity index (χ0n) is 23.1. The van der Waals surface area contributed by atoms with Crippen molar-refractivity contribution in [3.8, 4) is 0 Å². The summed E-state index contributed by atoms with van der Waals surface area (Å²) >= 11 is 11.6. The molecule has 2 heterocycles. The number of thiocarbonyl (C=S) groups is 1. The molecule has 2 aromatic carbocycles. The molecule has 3 aromatic rings. The number of ether oxygens (including phenoxy) is 1. The van der Waals surface area contributed by atoms with Crippen LogP contribution in [0.4, 0.5) is 17.2 Å². The summed E-state index contributed by atoms with van der Waals surface area (Å²) in [6, 6.07) is 18.6. The molecule has 0 spiro atoms. The fourth-order valence-electron chi connectivity index (χ4n) is 6.03. The van der Waals surface area contributed by atoms with Crippen LogP contribution in [0.1, 0.15) is 57.9 Å². The number of hydrogen-bond acceptors (Lipinski definition) is 6. The summed E-state index contributed by atoms with van der Waals surface area (Å²) < 4.78 is 11.6. The lowest BCUT2D eigenvalue weighted by Crippen LogP contribution is -2.41. The zero-order valence-corrected chi connectivity index (χ0v) is 24.7. The smallest absolute Gasteiger partial charge is 0.218 e. The van der Waals surface area contributed by atoms with Crippen molar-refractivity contribution in [1.82, 2.24) is 4.98 Å². The minimum absolute atomic E-state index is 0.00702. The summed E-state index contributed by atoms with van der Waals surface area (Å²) in [7, 11) is 2.15. The van der Waals surface area contributed by atoms with Gasteiger partial charge in [-0.3, -0.25) is 0 Å². The van der Waals surface area contributed by atoms with Gasteiger partial charge in [-0.15, -0.1) is 0 Å². The van der Waals surface area contributed by atoms with Crippen LogP contribution in [0, 0.1) is 11.8 Å². The lowest BCUT2D eigenvalue weighted by Gasteiger charge is -2.41. The zero-order chi connectivity index (χ0) is 27.4. The van der Waals surface area contributed by atoms with Gasteiger partial charge in [0.15, 0.2) is 5.82 Å². The first-order valence-corrected chi connectivity index (χ1v) is 14.7. The molecule has 1 aliphatic heterocycles. The Bertz CT molecular complexity index is 1220. The number of halogens is 1. The SMILES string of the molecule is CN(c1ccccc1)C(CC1CCC(C(C)(C)Nc2ccc(Cl)cc2)CC1)c1nc(N2CCOCC2=S)co1. The number of anilines is 3. The van der Waals surface area contributed by atoms with Gasteiger partial charge in [-0.1, -0.05) is 54.9 Å². The summed E-state index contributed by atoms with van der Waals surface area (Å²) in [4.78, 5) is 10.1. The third-order valence-corrected chi connectivity index (χ3v) is 9.01. The van der Waals surface area contributed by atoms with Crippen molar-refractivity contribution < 1.29 is 9.15 Å². The van der Waals surface area contributed by atoms with E-state index < -0.39 is 0 Å². The lowest BCUT2D eigenvalue weighted by molar-refractivity contribution is 0.168. The van der Waals surface area contributed by atoms with Crippen LogP contribution in [0.3, 0.4) is 0 Å². The van der Waals surface area contributed by atoms with Crippen LogP contribution in [0.2, 0.25) is 5.02 Å². The van der Waals surface area contributed by atoms with Gasteiger partial charge in [0.2, 0.25) is 5.89 Å². The van der Waals surface area contributed by atoms with Crippen molar-refractivity contribution >= 4 is 46.0 Å². The van der Waals surface area contributed by atoms with Gasteiger partial charge in [0, 0.05) is 35.5 Å². The van der Waals surface area contributed by atoms with Crippen LogP contribution in [-0.2, 0) is 4.74 Å². The Hall–Kier alpha value is -2.61. The molecular formula is C31H39ClN4O2S. The van der Waals surface area contributed by atoms with Gasteiger partial charge < -0.3 is 24.3 Å². The highest BCUT2D eigenvalue weighted by Gasteiger charge is 2.35. The number of aromatic nitrogens is 1. The van der Waals surface area contributed by atoms with E-state index in [0.717, 1.165) is 39.5 Å². The van der Waals surface area contributed by atoms with Crippen LogP contribution in [-0.4, -0.2) is 42.3 Å². The second kappa shape index (κ2) is 12.3. The van der Waals surface area contributed by atoms with Gasteiger partial charge in [-0.2, -0.15) is 4.98 Å². The first-order chi connectivity index (χ1) is 18.8. The molecule has 39 heavy (non-hydrogen) atoms. The maximum absolute atomic E-state index is 6.15. The molecule has 1 atom stereocenters. The Balaban J connectivity index is 1.28. The molecule has 0 radical (unpaired) electrons. The Morgan fingerprint density at radius 3 is 2.51 bits per heavy atom. The number of oxazole rings is 1. The molecule has 1 saturated heterocycles. The average molecular weight is 567 g/mol. The van der Waals surface area contributed by atoms with Gasteiger partial charge in [-0.25, -0.2) is 0 Å². The summed E-state index contributed by atoms with van der Waals surface area (Å²) in [5, 5.41) is 4.52. The van der Waals surface area contributed by atoms with Gasteiger partial charge in [0.1, 0.15) is 17.3 Å². The van der Waals surface area contributed by atoms with Crippen LogP contribution in [0.25, 0.3) is 0 Å². The van der Waals surface area contributed by atoms with Crippen LogP contribution < -0.4 is 15.1 Å². The minimum atomic E-state index is 0.00702. The van der Waals surface area contributed by atoms with Gasteiger partial charge >= 0.3 is 0 Å². The minimum Gasteiger partial charge on any atom is -0.444 e. The molecule has 5 rings (SSSR count). The van der Waals surface area contributed by atoms with Crippen LogP contribution >= 0.6 is 23.8 Å².